The van der Waals surface area contributed by atoms with Gasteiger partial charge in [-0.1, -0.05) is 20.8 Å². The van der Waals surface area contributed by atoms with Crippen LogP contribution in [0.1, 0.15) is 53.4 Å². The molecule has 2 atom stereocenters. The number of rotatable bonds is 10. The molecule has 0 aromatic carbocycles. The zero-order valence-electron chi connectivity index (χ0n) is 13.7. The maximum atomic E-state index is 12.3. The van der Waals surface area contributed by atoms with Gasteiger partial charge >= 0.3 is 5.97 Å². The maximum absolute atomic E-state index is 12.3. The second kappa shape index (κ2) is 7.99. The molecular formula is C16H31NO3. The summed E-state index contributed by atoms with van der Waals surface area (Å²) in [6.45, 7) is 9.78. The Kier molecular flexibility index (Phi) is 6.96. The minimum Gasteiger partial charge on any atom is -0.468 e. The van der Waals surface area contributed by atoms with Gasteiger partial charge in [-0.3, -0.25) is 5.32 Å². The van der Waals surface area contributed by atoms with Crippen LogP contribution in [0.25, 0.3) is 0 Å². The third-order valence-corrected chi connectivity index (χ3v) is 3.91. The van der Waals surface area contributed by atoms with Gasteiger partial charge in [0.25, 0.3) is 0 Å². The molecule has 0 aromatic rings. The van der Waals surface area contributed by atoms with Crippen LogP contribution in [0, 0.1) is 11.8 Å². The molecule has 0 radical (unpaired) electrons. The van der Waals surface area contributed by atoms with Crippen LogP contribution >= 0.6 is 0 Å². The minimum atomic E-state index is -0.643. The van der Waals surface area contributed by atoms with Crippen LogP contribution in [0.5, 0.6) is 0 Å². The molecule has 0 aliphatic heterocycles. The third-order valence-electron chi connectivity index (χ3n) is 3.91. The van der Waals surface area contributed by atoms with E-state index in [0.717, 1.165) is 32.2 Å². The van der Waals surface area contributed by atoms with E-state index in [9.17, 15) is 4.79 Å². The lowest BCUT2D eigenvalue weighted by molar-refractivity contribution is -0.154. The van der Waals surface area contributed by atoms with Crippen molar-refractivity contribution in [3.05, 3.63) is 0 Å². The number of hydrogen-bond donors (Lipinski definition) is 1. The first-order valence-electron chi connectivity index (χ1n) is 7.91. The Hall–Kier alpha value is -0.610. The number of carbonyl (C=O) groups is 1. The van der Waals surface area contributed by atoms with Gasteiger partial charge in [-0.25, -0.2) is 4.79 Å². The highest BCUT2D eigenvalue weighted by atomic mass is 16.5. The Labute approximate surface area is 123 Å². The monoisotopic (exact) mass is 285 g/mol. The van der Waals surface area contributed by atoms with Gasteiger partial charge in [-0.15, -0.1) is 0 Å². The maximum Gasteiger partial charge on any atom is 0.328 e. The Balaban J connectivity index is 2.68. The van der Waals surface area contributed by atoms with Crippen molar-refractivity contribution in [1.29, 1.82) is 0 Å². The Bertz CT molecular complexity index is 302. The molecule has 2 unspecified atom stereocenters. The smallest absolute Gasteiger partial charge is 0.328 e. The largest absolute Gasteiger partial charge is 0.468 e. The van der Waals surface area contributed by atoms with Crippen molar-refractivity contribution in [1.82, 2.24) is 5.32 Å². The molecule has 0 spiro atoms. The number of methoxy groups -OCH3 is 1. The van der Waals surface area contributed by atoms with E-state index in [1.165, 1.54) is 7.11 Å². The van der Waals surface area contributed by atoms with E-state index in [-0.39, 0.29) is 12.1 Å². The fourth-order valence-electron chi connectivity index (χ4n) is 2.72. The molecule has 1 saturated carbocycles. The summed E-state index contributed by atoms with van der Waals surface area (Å²) in [5, 5.41) is 3.40. The molecular weight excluding hydrogens is 254 g/mol. The summed E-state index contributed by atoms with van der Waals surface area (Å²) in [5.41, 5.74) is -0.643. The lowest BCUT2D eigenvalue weighted by Gasteiger charge is -2.33. The number of hydrogen-bond acceptors (Lipinski definition) is 4. The average Bonchev–Trinajstić information content (AvgIpc) is 3.22. The average molecular weight is 285 g/mol. The van der Waals surface area contributed by atoms with Crippen molar-refractivity contribution in [3.8, 4) is 0 Å². The quantitative estimate of drug-likeness (QED) is 0.627. The molecule has 118 valence electrons. The topological polar surface area (TPSA) is 47.6 Å². The van der Waals surface area contributed by atoms with Gasteiger partial charge < -0.3 is 9.47 Å². The molecule has 1 rings (SSSR count). The molecule has 0 saturated heterocycles. The molecule has 0 heterocycles. The van der Waals surface area contributed by atoms with Gasteiger partial charge in [-0.2, -0.15) is 0 Å². The van der Waals surface area contributed by atoms with E-state index >= 15 is 0 Å². The standard InChI is InChI=1S/C16H31NO3/c1-6-9-17-16(14-7-8-14,15(18)19-5)11-20-13(4)10-12(2)3/h12-14,17H,6-11H2,1-5H3. The van der Waals surface area contributed by atoms with Crippen LogP contribution in [0.15, 0.2) is 0 Å². The van der Waals surface area contributed by atoms with Crippen molar-refractivity contribution in [2.24, 2.45) is 11.8 Å². The first kappa shape index (κ1) is 17.4. The predicted octanol–water partition coefficient (Wildman–Crippen LogP) is 2.76. The SMILES string of the molecule is CCCNC(COC(C)CC(C)C)(C(=O)OC)C1CC1. The lowest BCUT2D eigenvalue weighted by Crippen LogP contribution is -2.58. The fraction of sp³-hybridized carbons (Fsp3) is 0.938. The van der Waals surface area contributed by atoms with Crippen LogP contribution in [0.4, 0.5) is 0 Å². The molecule has 1 aliphatic carbocycles. The Morgan fingerprint density at radius 2 is 2.00 bits per heavy atom. The van der Waals surface area contributed by atoms with E-state index in [4.69, 9.17) is 9.47 Å². The molecule has 0 aromatic heterocycles. The highest BCUT2D eigenvalue weighted by Crippen LogP contribution is 2.41. The van der Waals surface area contributed by atoms with E-state index in [1.807, 2.05) is 0 Å². The van der Waals surface area contributed by atoms with Crippen LogP contribution < -0.4 is 5.32 Å². The minimum absolute atomic E-state index is 0.168. The third kappa shape index (κ3) is 4.74. The summed E-state index contributed by atoms with van der Waals surface area (Å²) in [4.78, 5) is 12.3. The Morgan fingerprint density at radius 1 is 1.35 bits per heavy atom. The number of ether oxygens (including phenoxy) is 2. The van der Waals surface area contributed by atoms with E-state index < -0.39 is 5.54 Å². The van der Waals surface area contributed by atoms with Crippen LogP contribution in [0.2, 0.25) is 0 Å². The number of esters is 1. The zero-order chi connectivity index (χ0) is 15.2. The van der Waals surface area contributed by atoms with Gasteiger partial charge in [0.15, 0.2) is 0 Å². The van der Waals surface area contributed by atoms with Gasteiger partial charge in [-0.05, 0) is 51.0 Å². The van der Waals surface area contributed by atoms with Crippen LogP contribution in [-0.2, 0) is 14.3 Å². The summed E-state index contributed by atoms with van der Waals surface area (Å²) in [6, 6.07) is 0. The fourth-order valence-corrected chi connectivity index (χ4v) is 2.72. The molecule has 1 aliphatic rings. The normalized spacial score (nSPS) is 19.7. The number of nitrogens with one attached hydrogen (secondary N) is 1. The van der Waals surface area contributed by atoms with Crippen LogP contribution in [-0.4, -0.2) is 37.9 Å². The molecule has 4 heteroatoms. The van der Waals surface area contributed by atoms with Gasteiger partial charge in [0, 0.05) is 0 Å². The summed E-state index contributed by atoms with van der Waals surface area (Å²) in [7, 11) is 1.46. The Morgan fingerprint density at radius 3 is 2.45 bits per heavy atom. The van der Waals surface area contributed by atoms with Crippen molar-refractivity contribution in [2.45, 2.75) is 65.0 Å². The van der Waals surface area contributed by atoms with Gasteiger partial charge in [0.05, 0.1) is 19.8 Å². The van der Waals surface area contributed by atoms with Crippen molar-refractivity contribution in [3.63, 3.8) is 0 Å². The summed E-state index contributed by atoms with van der Waals surface area (Å²) in [5.74, 6) is 0.778. The van der Waals surface area contributed by atoms with E-state index in [2.05, 4.69) is 33.0 Å². The van der Waals surface area contributed by atoms with E-state index in [0.29, 0.717) is 18.4 Å². The lowest BCUT2D eigenvalue weighted by atomic mass is 9.93. The summed E-state index contributed by atoms with van der Waals surface area (Å²) in [6.07, 6.45) is 4.32. The molecule has 1 N–H and O–H groups in total. The second-order valence-electron chi connectivity index (χ2n) is 6.42. The molecule has 4 nitrogen and oxygen atoms in total. The second-order valence-corrected chi connectivity index (χ2v) is 6.42. The molecule has 0 bridgehead atoms. The highest BCUT2D eigenvalue weighted by Gasteiger charge is 2.52. The molecule has 0 amide bonds. The van der Waals surface area contributed by atoms with Crippen molar-refractivity contribution in [2.75, 3.05) is 20.3 Å². The molecule has 20 heavy (non-hydrogen) atoms. The highest BCUT2D eigenvalue weighted by molar-refractivity contribution is 5.82. The van der Waals surface area contributed by atoms with E-state index in [1.54, 1.807) is 0 Å². The first-order valence-corrected chi connectivity index (χ1v) is 7.91. The summed E-state index contributed by atoms with van der Waals surface area (Å²) < 4.78 is 11.0. The summed E-state index contributed by atoms with van der Waals surface area (Å²) >= 11 is 0. The van der Waals surface area contributed by atoms with Crippen LogP contribution in [0.3, 0.4) is 0 Å². The van der Waals surface area contributed by atoms with Crippen molar-refractivity contribution < 1.29 is 14.3 Å². The molecule has 1 fully saturated rings. The number of carbonyl (C=O) groups excluding carboxylic acids is 1. The van der Waals surface area contributed by atoms with Crippen molar-refractivity contribution >= 4 is 5.97 Å². The zero-order valence-corrected chi connectivity index (χ0v) is 13.7. The first-order chi connectivity index (χ1) is 9.46. The predicted molar refractivity (Wildman–Crippen MR) is 80.6 cm³/mol. The van der Waals surface area contributed by atoms with Gasteiger partial charge in [0.1, 0.15) is 5.54 Å². The van der Waals surface area contributed by atoms with Gasteiger partial charge in [0.2, 0.25) is 0 Å².